The molecule has 1 aliphatic heterocycles. The summed E-state index contributed by atoms with van der Waals surface area (Å²) in [5, 5.41) is 0.250. The van der Waals surface area contributed by atoms with Gasteiger partial charge in [0.25, 0.3) is 0 Å². The molecule has 31 heavy (non-hydrogen) atoms. The molecule has 0 aliphatic carbocycles. The lowest BCUT2D eigenvalue weighted by molar-refractivity contribution is -0.135. The van der Waals surface area contributed by atoms with E-state index >= 15 is 0 Å². The van der Waals surface area contributed by atoms with Crippen LogP contribution in [0.4, 0.5) is 0 Å². The average molecular weight is 484 g/mol. The third-order valence-corrected chi connectivity index (χ3v) is 7.78. The molecule has 166 valence electrons. The molecule has 2 aromatic rings. The van der Waals surface area contributed by atoms with Gasteiger partial charge in [0.2, 0.25) is 21.8 Å². The van der Waals surface area contributed by atoms with Crippen LogP contribution >= 0.6 is 23.2 Å². The van der Waals surface area contributed by atoms with E-state index in [0.29, 0.717) is 25.9 Å². The Morgan fingerprint density at radius 3 is 2.32 bits per heavy atom. The van der Waals surface area contributed by atoms with Crippen LogP contribution in [0, 0.1) is 5.92 Å². The van der Waals surface area contributed by atoms with Crippen LogP contribution in [0.2, 0.25) is 10.0 Å². The summed E-state index contributed by atoms with van der Waals surface area (Å²) in [7, 11) is -4.12. The van der Waals surface area contributed by atoms with Crippen LogP contribution in [0.5, 0.6) is 0 Å². The first-order valence-corrected chi connectivity index (χ1v) is 11.9. The van der Waals surface area contributed by atoms with E-state index in [2.05, 4.69) is 0 Å². The molecule has 1 heterocycles. The van der Waals surface area contributed by atoms with Crippen molar-refractivity contribution in [2.45, 2.75) is 24.3 Å². The second kappa shape index (κ2) is 9.99. The predicted molar refractivity (Wildman–Crippen MR) is 119 cm³/mol. The molecule has 7 nitrogen and oxygen atoms in total. The number of piperidine rings is 1. The van der Waals surface area contributed by atoms with Gasteiger partial charge in [0.15, 0.2) is 0 Å². The van der Waals surface area contributed by atoms with Crippen molar-refractivity contribution in [1.29, 1.82) is 0 Å². The molecule has 0 atom stereocenters. The zero-order valence-corrected chi connectivity index (χ0v) is 19.0. The number of primary amides is 1. The van der Waals surface area contributed by atoms with Crippen molar-refractivity contribution >= 4 is 45.0 Å². The molecule has 2 amide bonds. The molecule has 3 rings (SSSR count). The highest BCUT2D eigenvalue weighted by atomic mass is 35.5. The summed E-state index contributed by atoms with van der Waals surface area (Å²) in [6.45, 7) is 0.337. The smallest absolute Gasteiger partial charge is 0.245 e. The highest BCUT2D eigenvalue weighted by molar-refractivity contribution is 7.89. The highest BCUT2D eigenvalue weighted by Gasteiger charge is 2.32. The van der Waals surface area contributed by atoms with Gasteiger partial charge in [0.05, 0.1) is 11.6 Å². The van der Waals surface area contributed by atoms with Crippen molar-refractivity contribution in [2.75, 3.05) is 19.6 Å². The lowest BCUT2D eigenvalue weighted by Crippen LogP contribution is -2.46. The second-order valence-electron chi connectivity index (χ2n) is 7.39. The Labute approximate surface area is 191 Å². The number of sulfonamides is 1. The molecule has 1 aliphatic rings. The third-order valence-electron chi connectivity index (χ3n) is 5.27. The third kappa shape index (κ3) is 5.77. The fourth-order valence-corrected chi connectivity index (χ4v) is 5.61. The molecule has 0 aromatic heterocycles. The number of nitrogens with zero attached hydrogens (tertiary/aromatic N) is 2. The maximum Gasteiger partial charge on any atom is 0.245 e. The summed E-state index contributed by atoms with van der Waals surface area (Å²) in [4.78, 5) is 25.7. The van der Waals surface area contributed by atoms with Crippen LogP contribution < -0.4 is 5.73 Å². The van der Waals surface area contributed by atoms with Gasteiger partial charge in [-0.2, -0.15) is 4.31 Å². The fourth-order valence-electron chi connectivity index (χ4n) is 3.49. The van der Waals surface area contributed by atoms with Gasteiger partial charge in [-0.15, -0.1) is 0 Å². The van der Waals surface area contributed by atoms with E-state index in [1.54, 1.807) is 29.2 Å². The maximum absolute atomic E-state index is 13.4. The van der Waals surface area contributed by atoms with E-state index in [1.165, 1.54) is 18.2 Å². The molecule has 0 bridgehead atoms. The number of nitrogens with two attached hydrogens (primary N) is 1. The van der Waals surface area contributed by atoms with Crippen LogP contribution in [-0.2, 0) is 26.2 Å². The van der Waals surface area contributed by atoms with Crippen molar-refractivity contribution in [2.24, 2.45) is 11.7 Å². The van der Waals surface area contributed by atoms with Crippen molar-refractivity contribution in [3.05, 3.63) is 64.1 Å². The summed E-state index contributed by atoms with van der Waals surface area (Å²) in [6.07, 6.45) is 0.930. The number of carbonyl (C=O) groups is 2. The first-order valence-electron chi connectivity index (χ1n) is 9.74. The minimum absolute atomic E-state index is 0.00446. The fraction of sp³-hybridized carbons (Fsp3) is 0.333. The summed E-state index contributed by atoms with van der Waals surface area (Å²) in [5.74, 6) is -0.991. The highest BCUT2D eigenvalue weighted by Crippen LogP contribution is 2.29. The molecule has 10 heteroatoms. The second-order valence-corrected chi connectivity index (χ2v) is 10.1. The number of benzene rings is 2. The first kappa shape index (κ1) is 23.5. The number of rotatable bonds is 7. The zero-order valence-electron chi connectivity index (χ0n) is 16.7. The van der Waals surface area contributed by atoms with Crippen LogP contribution in [0.25, 0.3) is 0 Å². The summed E-state index contributed by atoms with van der Waals surface area (Å²) >= 11 is 12.2. The number of carbonyl (C=O) groups excluding carboxylic acids is 2. The Balaban J connectivity index is 1.85. The van der Waals surface area contributed by atoms with E-state index in [9.17, 15) is 18.0 Å². The van der Waals surface area contributed by atoms with E-state index in [-0.39, 0.29) is 45.8 Å². The van der Waals surface area contributed by atoms with Gasteiger partial charge >= 0.3 is 0 Å². The minimum Gasteiger partial charge on any atom is -0.369 e. The Bertz CT molecular complexity index is 1060. The largest absolute Gasteiger partial charge is 0.369 e. The van der Waals surface area contributed by atoms with Gasteiger partial charge in [-0.05, 0) is 36.6 Å². The van der Waals surface area contributed by atoms with Crippen LogP contribution in [-0.4, -0.2) is 49.1 Å². The van der Waals surface area contributed by atoms with Crippen LogP contribution in [0.1, 0.15) is 18.4 Å². The van der Waals surface area contributed by atoms with E-state index in [4.69, 9.17) is 28.9 Å². The molecular weight excluding hydrogens is 461 g/mol. The van der Waals surface area contributed by atoms with Gasteiger partial charge in [0.1, 0.15) is 4.90 Å². The lowest BCUT2D eigenvalue weighted by Gasteiger charge is -2.32. The molecule has 1 saturated heterocycles. The van der Waals surface area contributed by atoms with Gasteiger partial charge in [0, 0.05) is 30.6 Å². The van der Waals surface area contributed by atoms with Crippen LogP contribution in [0.15, 0.2) is 53.4 Å². The Morgan fingerprint density at radius 2 is 1.71 bits per heavy atom. The topological polar surface area (TPSA) is 101 Å². The number of hydrogen-bond acceptors (Lipinski definition) is 4. The number of halogens is 2. The zero-order chi connectivity index (χ0) is 22.6. The molecular formula is C21H23Cl2N3O4S. The Morgan fingerprint density at radius 1 is 1.06 bits per heavy atom. The van der Waals surface area contributed by atoms with Crippen molar-refractivity contribution < 1.29 is 18.0 Å². The van der Waals surface area contributed by atoms with Crippen molar-refractivity contribution in [3.8, 4) is 0 Å². The van der Waals surface area contributed by atoms with Crippen molar-refractivity contribution in [1.82, 2.24) is 9.21 Å². The molecule has 2 N–H and O–H groups in total. The summed E-state index contributed by atoms with van der Waals surface area (Å²) in [6, 6.07) is 13.2. The first-order chi connectivity index (χ1) is 14.7. The molecule has 1 fully saturated rings. The Kier molecular flexibility index (Phi) is 7.59. The molecule has 0 saturated carbocycles. The van der Waals surface area contributed by atoms with Gasteiger partial charge in [-0.1, -0.05) is 53.5 Å². The van der Waals surface area contributed by atoms with Crippen LogP contribution in [0.3, 0.4) is 0 Å². The summed E-state index contributed by atoms with van der Waals surface area (Å²) in [5.41, 5.74) is 6.08. The number of likely N-dealkylation sites (tertiary alicyclic amines) is 1. The molecule has 2 aromatic carbocycles. The monoisotopic (exact) mass is 483 g/mol. The van der Waals surface area contributed by atoms with Gasteiger partial charge in [-0.25, -0.2) is 8.42 Å². The maximum atomic E-state index is 13.4. The molecule has 0 radical (unpaired) electrons. The predicted octanol–water partition coefficient (Wildman–Crippen LogP) is 2.91. The van der Waals surface area contributed by atoms with Gasteiger partial charge < -0.3 is 10.6 Å². The molecule has 0 unspecified atom stereocenters. The average Bonchev–Trinajstić information content (AvgIpc) is 2.75. The SMILES string of the molecule is NC(=O)C1CCN(C(=O)CN(Cc2ccccc2)S(=O)(=O)c2cc(Cl)ccc2Cl)CC1. The number of amides is 2. The lowest BCUT2D eigenvalue weighted by atomic mass is 9.96. The normalized spacial score (nSPS) is 15.3. The minimum atomic E-state index is -4.12. The quantitative estimate of drug-likeness (QED) is 0.653. The van der Waals surface area contributed by atoms with E-state index in [1.807, 2.05) is 6.07 Å². The van der Waals surface area contributed by atoms with E-state index in [0.717, 1.165) is 9.87 Å². The van der Waals surface area contributed by atoms with E-state index < -0.39 is 10.0 Å². The Hall–Kier alpha value is -2.13. The van der Waals surface area contributed by atoms with Gasteiger partial charge in [-0.3, -0.25) is 9.59 Å². The van der Waals surface area contributed by atoms with Crippen molar-refractivity contribution in [3.63, 3.8) is 0 Å². The number of hydrogen-bond donors (Lipinski definition) is 1. The molecule has 0 spiro atoms. The standard InChI is InChI=1S/C21H23Cl2N3O4S/c22-17-6-7-18(23)19(12-17)31(29,30)26(13-15-4-2-1-3-5-15)14-20(27)25-10-8-16(9-11-25)21(24)28/h1-7,12,16H,8-11,13-14H2,(H2,24,28). The summed E-state index contributed by atoms with van der Waals surface area (Å²) < 4.78 is 27.9.